The van der Waals surface area contributed by atoms with Gasteiger partial charge < -0.3 is 4.74 Å². The summed E-state index contributed by atoms with van der Waals surface area (Å²) in [6.07, 6.45) is 2.62. The third-order valence-electron chi connectivity index (χ3n) is 4.46. The second-order valence-electron chi connectivity index (χ2n) is 6.87. The molecule has 2 nitrogen and oxygen atoms in total. The molecule has 3 heteroatoms. The number of hydrogen-bond acceptors (Lipinski definition) is 2. The van der Waals surface area contributed by atoms with E-state index in [1.54, 1.807) is 7.11 Å². The van der Waals surface area contributed by atoms with Crippen molar-refractivity contribution < 1.29 is 4.74 Å². The van der Waals surface area contributed by atoms with Crippen molar-refractivity contribution in [3.05, 3.63) is 28.2 Å². The Hall–Kier alpha value is -0.540. The molecule has 0 spiro atoms. The summed E-state index contributed by atoms with van der Waals surface area (Å²) < 4.78 is 6.50. The molecule has 1 aliphatic heterocycles. The first-order chi connectivity index (χ1) is 9.40. The van der Waals surface area contributed by atoms with Gasteiger partial charge in [-0.05, 0) is 61.0 Å². The number of nitrogens with zero attached hydrogens (tertiary/aromatic N) is 1. The fraction of sp³-hybridized carbons (Fsp3) is 0.647. The fourth-order valence-corrected chi connectivity index (χ4v) is 3.37. The number of ether oxygens (including phenoxy) is 1. The molecule has 0 atom stereocenters. The van der Waals surface area contributed by atoms with Gasteiger partial charge in [0.15, 0.2) is 0 Å². The molecule has 0 unspecified atom stereocenters. The molecule has 1 aromatic rings. The Morgan fingerprint density at radius 3 is 2.45 bits per heavy atom. The van der Waals surface area contributed by atoms with Crippen LogP contribution in [0.2, 0.25) is 0 Å². The van der Waals surface area contributed by atoms with E-state index in [1.165, 1.54) is 36.0 Å². The van der Waals surface area contributed by atoms with Crippen molar-refractivity contribution in [2.75, 3.05) is 20.2 Å². The third-order valence-corrected chi connectivity index (χ3v) is 5.23. The summed E-state index contributed by atoms with van der Waals surface area (Å²) in [5.74, 6) is 1.79. The van der Waals surface area contributed by atoms with E-state index in [1.807, 2.05) is 6.07 Å². The predicted molar refractivity (Wildman–Crippen MR) is 88.2 cm³/mol. The number of rotatable bonds is 3. The monoisotopic (exact) mass is 339 g/mol. The standard InChI is InChI=1S/C17H26BrNO/c1-17(2,3)14-7-9-19(10-8-14)12-13-11-15(20-4)5-6-16(13)18/h5-6,11,14H,7-10,12H2,1-4H3. The van der Waals surface area contributed by atoms with Gasteiger partial charge in [-0.2, -0.15) is 0 Å². The molecule has 2 rings (SSSR count). The molecule has 1 aromatic carbocycles. The number of hydrogen-bond donors (Lipinski definition) is 0. The van der Waals surface area contributed by atoms with E-state index in [9.17, 15) is 0 Å². The zero-order valence-electron chi connectivity index (χ0n) is 13.1. The zero-order valence-corrected chi connectivity index (χ0v) is 14.7. The van der Waals surface area contributed by atoms with E-state index in [0.717, 1.165) is 18.2 Å². The van der Waals surface area contributed by atoms with Crippen molar-refractivity contribution in [3.8, 4) is 5.75 Å². The maximum atomic E-state index is 5.32. The topological polar surface area (TPSA) is 12.5 Å². The molecular formula is C17H26BrNO. The maximum Gasteiger partial charge on any atom is 0.119 e. The minimum Gasteiger partial charge on any atom is -0.497 e. The van der Waals surface area contributed by atoms with Crippen LogP contribution in [0.3, 0.4) is 0 Å². The Labute approximate surface area is 131 Å². The van der Waals surface area contributed by atoms with Gasteiger partial charge in [-0.3, -0.25) is 4.90 Å². The molecule has 0 aliphatic carbocycles. The molecular weight excluding hydrogens is 314 g/mol. The van der Waals surface area contributed by atoms with Crippen LogP contribution in [0.5, 0.6) is 5.75 Å². The normalized spacial score (nSPS) is 18.2. The van der Waals surface area contributed by atoms with Crippen LogP contribution in [0.25, 0.3) is 0 Å². The maximum absolute atomic E-state index is 5.32. The second-order valence-corrected chi connectivity index (χ2v) is 7.73. The molecule has 0 saturated carbocycles. The molecule has 1 fully saturated rings. The van der Waals surface area contributed by atoms with Crippen LogP contribution in [0, 0.1) is 11.3 Å². The lowest BCUT2D eigenvalue weighted by atomic mass is 9.75. The van der Waals surface area contributed by atoms with Gasteiger partial charge in [0.2, 0.25) is 0 Å². The smallest absolute Gasteiger partial charge is 0.119 e. The number of likely N-dealkylation sites (tertiary alicyclic amines) is 1. The van der Waals surface area contributed by atoms with Gasteiger partial charge in [-0.15, -0.1) is 0 Å². The number of benzene rings is 1. The fourth-order valence-electron chi connectivity index (χ4n) is 3.00. The molecule has 0 amide bonds. The van der Waals surface area contributed by atoms with Crippen molar-refractivity contribution in [1.29, 1.82) is 0 Å². The van der Waals surface area contributed by atoms with Gasteiger partial charge in [-0.25, -0.2) is 0 Å². The molecule has 0 radical (unpaired) electrons. The van der Waals surface area contributed by atoms with Crippen LogP contribution >= 0.6 is 15.9 Å². The van der Waals surface area contributed by atoms with Crippen LogP contribution in [0.1, 0.15) is 39.2 Å². The lowest BCUT2D eigenvalue weighted by Crippen LogP contribution is -2.37. The highest BCUT2D eigenvalue weighted by Gasteiger charge is 2.28. The van der Waals surface area contributed by atoms with Gasteiger partial charge in [0.1, 0.15) is 5.75 Å². The van der Waals surface area contributed by atoms with E-state index in [4.69, 9.17) is 4.74 Å². The Kier molecular flexibility index (Phi) is 5.14. The summed E-state index contributed by atoms with van der Waals surface area (Å²) in [5, 5.41) is 0. The Balaban J connectivity index is 1.96. The van der Waals surface area contributed by atoms with Crippen molar-refractivity contribution in [2.24, 2.45) is 11.3 Å². The van der Waals surface area contributed by atoms with Crippen LogP contribution < -0.4 is 4.74 Å². The Morgan fingerprint density at radius 2 is 1.90 bits per heavy atom. The van der Waals surface area contributed by atoms with Crippen molar-refractivity contribution >= 4 is 15.9 Å². The lowest BCUT2D eigenvalue weighted by Gasteiger charge is -2.38. The summed E-state index contributed by atoms with van der Waals surface area (Å²) in [7, 11) is 1.72. The summed E-state index contributed by atoms with van der Waals surface area (Å²) >= 11 is 3.65. The van der Waals surface area contributed by atoms with E-state index in [-0.39, 0.29) is 0 Å². The van der Waals surface area contributed by atoms with Gasteiger partial charge in [-0.1, -0.05) is 36.7 Å². The average Bonchev–Trinajstić information content (AvgIpc) is 2.41. The summed E-state index contributed by atoms with van der Waals surface area (Å²) in [6, 6.07) is 6.22. The first-order valence-corrected chi connectivity index (χ1v) is 8.24. The molecule has 0 N–H and O–H groups in total. The van der Waals surface area contributed by atoms with Gasteiger partial charge in [0.25, 0.3) is 0 Å². The first-order valence-electron chi connectivity index (χ1n) is 7.45. The zero-order chi connectivity index (χ0) is 14.8. The molecule has 0 aromatic heterocycles. The van der Waals surface area contributed by atoms with Crippen molar-refractivity contribution in [1.82, 2.24) is 4.90 Å². The van der Waals surface area contributed by atoms with Gasteiger partial charge in [0, 0.05) is 11.0 Å². The first kappa shape index (κ1) is 15.8. The number of methoxy groups -OCH3 is 1. The highest BCUT2D eigenvalue weighted by molar-refractivity contribution is 9.10. The predicted octanol–water partition coefficient (Wildman–Crippen LogP) is 4.72. The largest absolute Gasteiger partial charge is 0.497 e. The summed E-state index contributed by atoms with van der Waals surface area (Å²) in [5.41, 5.74) is 1.77. The van der Waals surface area contributed by atoms with E-state index in [2.05, 4.69) is 53.7 Å². The van der Waals surface area contributed by atoms with Crippen LogP contribution in [-0.4, -0.2) is 25.1 Å². The minimum atomic E-state index is 0.447. The van der Waals surface area contributed by atoms with Crippen molar-refractivity contribution in [2.45, 2.75) is 40.2 Å². The Morgan fingerprint density at radius 1 is 1.25 bits per heavy atom. The SMILES string of the molecule is COc1ccc(Br)c(CN2CCC(C(C)(C)C)CC2)c1. The van der Waals surface area contributed by atoms with E-state index in [0.29, 0.717) is 5.41 Å². The number of piperidine rings is 1. The highest BCUT2D eigenvalue weighted by atomic mass is 79.9. The summed E-state index contributed by atoms with van der Waals surface area (Å²) in [6.45, 7) is 10.5. The lowest BCUT2D eigenvalue weighted by molar-refractivity contribution is 0.108. The quantitative estimate of drug-likeness (QED) is 0.790. The highest BCUT2D eigenvalue weighted by Crippen LogP contribution is 2.35. The molecule has 112 valence electrons. The third kappa shape index (κ3) is 3.98. The van der Waals surface area contributed by atoms with Crippen LogP contribution in [-0.2, 0) is 6.54 Å². The van der Waals surface area contributed by atoms with E-state index >= 15 is 0 Å². The van der Waals surface area contributed by atoms with Gasteiger partial charge >= 0.3 is 0 Å². The average molecular weight is 340 g/mol. The second kappa shape index (κ2) is 6.48. The minimum absolute atomic E-state index is 0.447. The Bertz CT molecular complexity index is 445. The molecule has 1 saturated heterocycles. The van der Waals surface area contributed by atoms with Crippen molar-refractivity contribution in [3.63, 3.8) is 0 Å². The summed E-state index contributed by atoms with van der Waals surface area (Å²) in [4.78, 5) is 2.56. The molecule has 0 bridgehead atoms. The van der Waals surface area contributed by atoms with Crippen LogP contribution in [0.15, 0.2) is 22.7 Å². The number of halogens is 1. The molecule has 20 heavy (non-hydrogen) atoms. The van der Waals surface area contributed by atoms with E-state index < -0.39 is 0 Å². The molecule has 1 heterocycles. The van der Waals surface area contributed by atoms with Gasteiger partial charge in [0.05, 0.1) is 7.11 Å². The van der Waals surface area contributed by atoms with Crippen LogP contribution in [0.4, 0.5) is 0 Å². The molecule has 1 aliphatic rings.